The molecular weight excluding hydrogens is 295 g/mol. The topological polar surface area (TPSA) is 35.5 Å². The van der Waals surface area contributed by atoms with Crippen molar-refractivity contribution in [1.82, 2.24) is 0 Å². The monoisotopic (exact) mass is 320 g/mol. The molecule has 1 aromatic carbocycles. The smallest absolute Gasteiger partial charge is 0.421 e. The first-order valence-corrected chi connectivity index (χ1v) is 9.30. The highest BCUT2D eigenvalue weighted by Crippen LogP contribution is 2.49. The van der Waals surface area contributed by atoms with E-state index in [0.717, 1.165) is 19.3 Å². The normalized spacial score (nSPS) is 12.8. The Bertz CT molecular complexity index is 555. The van der Waals surface area contributed by atoms with E-state index < -0.39 is 7.60 Å². The lowest BCUT2D eigenvalue weighted by atomic mass is 10.1. The van der Waals surface area contributed by atoms with Crippen molar-refractivity contribution >= 4 is 7.60 Å². The lowest BCUT2D eigenvalue weighted by Crippen LogP contribution is -1.96. The van der Waals surface area contributed by atoms with Gasteiger partial charge in [-0.1, -0.05) is 56.2 Å². The molecule has 0 heterocycles. The van der Waals surface area contributed by atoms with Gasteiger partial charge in [0.15, 0.2) is 0 Å². The van der Waals surface area contributed by atoms with Crippen molar-refractivity contribution in [3.05, 3.63) is 48.2 Å². The van der Waals surface area contributed by atoms with Crippen LogP contribution < -0.4 is 0 Å². The summed E-state index contributed by atoms with van der Waals surface area (Å²) in [7, 11) is -3.40. The molecular formula is C18H25O3P. The van der Waals surface area contributed by atoms with E-state index in [2.05, 4.69) is 25.1 Å². The van der Waals surface area contributed by atoms with Crippen LogP contribution in [0, 0.1) is 11.6 Å². The molecule has 22 heavy (non-hydrogen) atoms. The molecule has 120 valence electrons. The van der Waals surface area contributed by atoms with Gasteiger partial charge in [0.25, 0.3) is 0 Å². The zero-order chi connectivity index (χ0) is 16.3. The van der Waals surface area contributed by atoms with Crippen LogP contribution in [-0.4, -0.2) is 6.61 Å². The van der Waals surface area contributed by atoms with E-state index in [9.17, 15) is 4.57 Å². The number of aryl methyl sites for hydroxylation is 1. The first-order valence-electron chi connectivity index (χ1n) is 7.75. The van der Waals surface area contributed by atoms with Crippen molar-refractivity contribution in [2.45, 2.75) is 46.0 Å². The molecule has 1 unspecified atom stereocenters. The zero-order valence-electron chi connectivity index (χ0n) is 13.5. The van der Waals surface area contributed by atoms with E-state index in [0.29, 0.717) is 25.2 Å². The van der Waals surface area contributed by atoms with Gasteiger partial charge in [0.2, 0.25) is 0 Å². The molecule has 0 saturated heterocycles. The van der Waals surface area contributed by atoms with Crippen LogP contribution in [0.4, 0.5) is 0 Å². The number of benzene rings is 1. The molecule has 0 aliphatic heterocycles. The molecule has 1 aromatic rings. The molecule has 0 aromatic heterocycles. The summed E-state index contributed by atoms with van der Waals surface area (Å²) in [6, 6.07) is 10.0. The van der Waals surface area contributed by atoms with Gasteiger partial charge in [0.05, 0.1) is 12.4 Å². The number of hydrogen-bond acceptors (Lipinski definition) is 3. The highest BCUT2D eigenvalue weighted by molar-refractivity contribution is 7.59. The third-order valence-electron chi connectivity index (χ3n) is 2.95. The Balaban J connectivity index is 2.55. The molecule has 0 aliphatic carbocycles. The van der Waals surface area contributed by atoms with Crippen molar-refractivity contribution in [2.24, 2.45) is 0 Å². The Morgan fingerprint density at radius 2 is 2.00 bits per heavy atom. The summed E-state index contributed by atoms with van der Waals surface area (Å²) in [5, 5.41) is 0. The van der Waals surface area contributed by atoms with Gasteiger partial charge in [-0.25, -0.2) is 4.57 Å². The van der Waals surface area contributed by atoms with E-state index in [4.69, 9.17) is 9.05 Å². The lowest BCUT2D eigenvalue weighted by molar-refractivity contribution is 0.257. The highest BCUT2D eigenvalue weighted by Gasteiger charge is 2.23. The molecule has 0 aliphatic rings. The third kappa shape index (κ3) is 7.50. The Labute approximate surface area is 134 Å². The van der Waals surface area contributed by atoms with Gasteiger partial charge in [-0.2, -0.15) is 0 Å². The SMILES string of the molecule is C=C(CCc1ccccc1)OP(=O)(C#CCCCC)OCC. The molecule has 1 rings (SSSR count). The van der Waals surface area contributed by atoms with E-state index >= 15 is 0 Å². The number of rotatable bonds is 9. The molecule has 0 radical (unpaired) electrons. The average Bonchev–Trinajstić information content (AvgIpc) is 2.51. The summed E-state index contributed by atoms with van der Waals surface area (Å²) in [6.45, 7) is 8.00. The Morgan fingerprint density at radius 1 is 1.27 bits per heavy atom. The molecule has 0 bridgehead atoms. The fourth-order valence-corrected chi connectivity index (χ4v) is 3.05. The standard InChI is InChI=1S/C18H25O3P/c1-4-6-7-11-16-22(19,20-5-2)21-17(3)14-15-18-12-9-8-10-13-18/h8-10,12-13H,3-7,14-15H2,1-2H3. The van der Waals surface area contributed by atoms with Gasteiger partial charge in [0.1, 0.15) is 0 Å². The van der Waals surface area contributed by atoms with Crippen LogP contribution in [0.3, 0.4) is 0 Å². The minimum atomic E-state index is -3.40. The summed E-state index contributed by atoms with van der Waals surface area (Å²) in [4.78, 5) is 0. The predicted molar refractivity (Wildman–Crippen MR) is 91.5 cm³/mol. The minimum absolute atomic E-state index is 0.297. The third-order valence-corrected chi connectivity index (χ3v) is 4.48. The largest absolute Gasteiger partial charge is 0.456 e. The van der Waals surface area contributed by atoms with Crippen molar-refractivity contribution in [3.63, 3.8) is 0 Å². The van der Waals surface area contributed by atoms with Gasteiger partial charge < -0.3 is 4.52 Å². The van der Waals surface area contributed by atoms with Crippen LogP contribution >= 0.6 is 7.60 Å². The Hall–Kier alpha value is -1.49. The number of unbranched alkanes of at least 4 members (excludes halogenated alkanes) is 2. The van der Waals surface area contributed by atoms with Crippen LogP contribution in [0.1, 0.15) is 45.1 Å². The molecule has 4 heteroatoms. The van der Waals surface area contributed by atoms with E-state index in [1.165, 1.54) is 5.56 Å². The maximum Gasteiger partial charge on any atom is 0.456 e. The highest BCUT2D eigenvalue weighted by atomic mass is 31.2. The molecule has 0 fully saturated rings. The summed E-state index contributed by atoms with van der Waals surface area (Å²) >= 11 is 0. The van der Waals surface area contributed by atoms with Crippen LogP contribution in [0.25, 0.3) is 0 Å². The average molecular weight is 320 g/mol. The Kier molecular flexibility index (Phi) is 8.67. The molecule has 3 nitrogen and oxygen atoms in total. The summed E-state index contributed by atoms with van der Waals surface area (Å²) in [6.07, 6.45) is 4.12. The summed E-state index contributed by atoms with van der Waals surface area (Å²) < 4.78 is 23.2. The second-order valence-electron chi connectivity index (χ2n) is 4.92. The van der Waals surface area contributed by atoms with E-state index in [-0.39, 0.29) is 0 Å². The van der Waals surface area contributed by atoms with Crippen molar-refractivity contribution in [1.29, 1.82) is 0 Å². The van der Waals surface area contributed by atoms with Gasteiger partial charge >= 0.3 is 7.60 Å². The quantitative estimate of drug-likeness (QED) is 0.260. The fraction of sp³-hybridized carbons (Fsp3) is 0.444. The van der Waals surface area contributed by atoms with Gasteiger partial charge in [0, 0.05) is 18.5 Å². The predicted octanol–water partition coefficient (Wildman–Crippen LogP) is 5.53. The van der Waals surface area contributed by atoms with Crippen LogP contribution in [0.2, 0.25) is 0 Å². The zero-order valence-corrected chi connectivity index (χ0v) is 14.4. The van der Waals surface area contributed by atoms with E-state index in [1.807, 2.05) is 30.3 Å². The van der Waals surface area contributed by atoms with Crippen LogP contribution in [0.5, 0.6) is 0 Å². The van der Waals surface area contributed by atoms with Crippen LogP contribution in [0.15, 0.2) is 42.7 Å². The number of allylic oxidation sites excluding steroid dienone is 1. The van der Waals surface area contributed by atoms with Crippen LogP contribution in [-0.2, 0) is 20.0 Å². The van der Waals surface area contributed by atoms with E-state index in [1.54, 1.807) is 6.92 Å². The second kappa shape index (κ2) is 10.3. The molecule has 1 atom stereocenters. The minimum Gasteiger partial charge on any atom is -0.421 e. The first-order chi connectivity index (χ1) is 10.6. The fourth-order valence-electron chi connectivity index (χ4n) is 1.81. The second-order valence-corrected chi connectivity index (χ2v) is 6.58. The summed E-state index contributed by atoms with van der Waals surface area (Å²) in [5.41, 5.74) is 3.85. The van der Waals surface area contributed by atoms with Gasteiger partial charge in [-0.15, -0.1) is 0 Å². The van der Waals surface area contributed by atoms with Gasteiger partial charge in [-0.3, -0.25) is 4.52 Å². The molecule has 0 amide bonds. The maximum absolute atomic E-state index is 12.5. The lowest BCUT2D eigenvalue weighted by Gasteiger charge is -2.15. The summed E-state index contributed by atoms with van der Waals surface area (Å²) in [5.74, 6) is 3.34. The number of hydrogen-bond donors (Lipinski definition) is 0. The molecule has 0 spiro atoms. The first kappa shape index (κ1) is 18.6. The van der Waals surface area contributed by atoms with Crippen molar-refractivity contribution in [3.8, 4) is 11.6 Å². The Morgan fingerprint density at radius 3 is 2.64 bits per heavy atom. The molecule has 0 saturated carbocycles. The maximum atomic E-state index is 12.5. The van der Waals surface area contributed by atoms with Crippen molar-refractivity contribution in [2.75, 3.05) is 6.61 Å². The van der Waals surface area contributed by atoms with Gasteiger partial charge in [-0.05, 0) is 25.3 Å². The molecule has 0 N–H and O–H groups in total. The van der Waals surface area contributed by atoms with Crippen molar-refractivity contribution < 1.29 is 13.6 Å².